The number of fused-ring (bicyclic) bond motifs is 3. The van der Waals surface area contributed by atoms with Crippen molar-refractivity contribution in [3.05, 3.63) is 71.3 Å². The van der Waals surface area contributed by atoms with Gasteiger partial charge in [0.25, 0.3) is 0 Å². The summed E-state index contributed by atoms with van der Waals surface area (Å²) < 4.78 is 18.6. The average Bonchev–Trinajstić information content (AvgIpc) is 3.28. The lowest BCUT2D eigenvalue weighted by Crippen LogP contribution is -1.99. The Morgan fingerprint density at radius 1 is 0.750 bits per heavy atom. The molecule has 0 saturated carbocycles. The van der Waals surface area contributed by atoms with Gasteiger partial charge in [-0.2, -0.15) is 0 Å². The van der Waals surface area contributed by atoms with Gasteiger partial charge in [-0.1, -0.05) is 45.1 Å². The lowest BCUT2D eigenvalue weighted by Gasteiger charge is -2.12. The van der Waals surface area contributed by atoms with Crippen LogP contribution in [0.4, 0.5) is 0 Å². The van der Waals surface area contributed by atoms with Gasteiger partial charge in [0.1, 0.15) is 0 Å². The van der Waals surface area contributed by atoms with E-state index in [1.54, 1.807) is 52.5 Å². The van der Waals surface area contributed by atoms with Crippen molar-refractivity contribution in [1.82, 2.24) is 4.57 Å². The Kier molecular flexibility index (Phi) is 9.65. The highest BCUT2D eigenvalue weighted by atomic mass is 16.5. The Morgan fingerprint density at radius 3 is 1.90 bits per heavy atom. The highest BCUT2D eigenvalue weighted by molar-refractivity contribution is 6.14. The summed E-state index contributed by atoms with van der Waals surface area (Å²) in [7, 11) is 4.68. The van der Waals surface area contributed by atoms with Crippen LogP contribution in [0.3, 0.4) is 0 Å². The summed E-state index contributed by atoms with van der Waals surface area (Å²) in [6, 6.07) is 15.3. The highest BCUT2D eigenvalue weighted by Crippen LogP contribution is 2.38. The number of hydrogen-bond acceptors (Lipinski definition) is 5. The second kappa shape index (κ2) is 13.3. The van der Waals surface area contributed by atoms with Gasteiger partial charge >= 0.3 is 0 Å². The molecule has 1 heterocycles. The number of ketones is 2. The maximum atomic E-state index is 13.3. The van der Waals surface area contributed by atoms with E-state index in [9.17, 15) is 9.59 Å². The zero-order valence-electron chi connectivity index (χ0n) is 24.2. The molecule has 0 spiro atoms. The van der Waals surface area contributed by atoms with E-state index >= 15 is 0 Å². The second-order valence-electron chi connectivity index (χ2n) is 10.1. The minimum atomic E-state index is -0.116. The van der Waals surface area contributed by atoms with E-state index in [0.29, 0.717) is 28.4 Å². The summed E-state index contributed by atoms with van der Waals surface area (Å²) in [5.41, 5.74) is 4.18. The number of hydrogen-bond donors (Lipinski definition) is 0. The Balaban J connectivity index is 1.67. The summed E-state index contributed by atoms with van der Waals surface area (Å²) in [5, 5.41) is 1.98. The number of nitrogens with zero attached hydrogens (tertiary/aromatic N) is 1. The van der Waals surface area contributed by atoms with E-state index in [4.69, 9.17) is 14.2 Å². The van der Waals surface area contributed by atoms with Crippen molar-refractivity contribution in [2.24, 2.45) is 0 Å². The van der Waals surface area contributed by atoms with Crippen molar-refractivity contribution in [3.8, 4) is 17.2 Å². The summed E-state index contributed by atoms with van der Waals surface area (Å²) in [4.78, 5) is 25.4. The largest absolute Gasteiger partial charge is 0.493 e. The van der Waals surface area contributed by atoms with E-state index in [2.05, 4.69) is 11.5 Å². The molecular formula is C34H39NO5. The molecule has 6 heteroatoms. The van der Waals surface area contributed by atoms with Crippen LogP contribution in [0, 0.1) is 0 Å². The molecule has 0 unspecified atom stereocenters. The maximum absolute atomic E-state index is 13.3. The fourth-order valence-electron chi connectivity index (χ4n) is 5.23. The lowest BCUT2D eigenvalue weighted by molar-refractivity contribution is 0.101. The third kappa shape index (κ3) is 6.22. The Bertz CT molecular complexity index is 1520. The smallest absolute Gasteiger partial charge is 0.203 e. The zero-order chi connectivity index (χ0) is 28.6. The van der Waals surface area contributed by atoms with Crippen molar-refractivity contribution in [3.63, 3.8) is 0 Å². The van der Waals surface area contributed by atoms with Crippen molar-refractivity contribution in [2.45, 2.75) is 58.9 Å². The van der Waals surface area contributed by atoms with Crippen LogP contribution >= 0.6 is 0 Å². The lowest BCUT2D eigenvalue weighted by atomic mass is 10.0. The van der Waals surface area contributed by atoms with Crippen LogP contribution in [0.15, 0.2) is 54.6 Å². The van der Waals surface area contributed by atoms with Gasteiger partial charge in [0.2, 0.25) is 5.75 Å². The number of carbonyl (C=O) groups is 2. The predicted molar refractivity (Wildman–Crippen MR) is 162 cm³/mol. The summed E-state index contributed by atoms with van der Waals surface area (Å²) in [5.74, 6) is 1.46. The molecule has 0 atom stereocenters. The quantitative estimate of drug-likeness (QED) is 0.0913. The van der Waals surface area contributed by atoms with Gasteiger partial charge in [0, 0.05) is 39.5 Å². The molecular weight excluding hydrogens is 502 g/mol. The van der Waals surface area contributed by atoms with Crippen molar-refractivity contribution < 1.29 is 23.8 Å². The maximum Gasteiger partial charge on any atom is 0.203 e. The number of Topliss-reactive ketones (excluding diaryl/α,β-unsaturated/α-hetero) is 1. The molecule has 0 N–H and O–H groups in total. The monoisotopic (exact) mass is 541 g/mol. The van der Waals surface area contributed by atoms with Crippen LogP contribution in [0.1, 0.15) is 78.7 Å². The van der Waals surface area contributed by atoms with Crippen LogP contribution in [-0.2, 0) is 6.54 Å². The van der Waals surface area contributed by atoms with Crippen LogP contribution in [0.2, 0.25) is 0 Å². The number of aryl methyl sites for hydroxylation is 1. The summed E-state index contributed by atoms with van der Waals surface area (Å²) in [6.07, 6.45) is 10.6. The first-order valence-corrected chi connectivity index (χ1v) is 14.0. The van der Waals surface area contributed by atoms with Crippen LogP contribution < -0.4 is 14.2 Å². The number of allylic oxidation sites excluding steroid dienone is 1. The predicted octanol–water partition coefficient (Wildman–Crippen LogP) is 8.28. The van der Waals surface area contributed by atoms with E-state index < -0.39 is 0 Å². The topological polar surface area (TPSA) is 66.8 Å². The number of rotatable bonds is 14. The number of unbranched alkanes of at least 4 members (excludes halogenated alkanes) is 5. The number of benzene rings is 3. The number of carbonyl (C=O) groups excluding carboxylic acids is 2. The van der Waals surface area contributed by atoms with E-state index in [-0.39, 0.29) is 11.6 Å². The van der Waals surface area contributed by atoms with Gasteiger partial charge < -0.3 is 18.8 Å². The van der Waals surface area contributed by atoms with Gasteiger partial charge in [-0.25, -0.2) is 0 Å². The molecule has 3 aromatic carbocycles. The second-order valence-corrected chi connectivity index (χ2v) is 10.1. The van der Waals surface area contributed by atoms with Crippen molar-refractivity contribution in [2.75, 3.05) is 21.3 Å². The van der Waals surface area contributed by atoms with Gasteiger partial charge in [-0.3, -0.25) is 9.59 Å². The Hall–Kier alpha value is -4.06. The molecule has 40 heavy (non-hydrogen) atoms. The summed E-state index contributed by atoms with van der Waals surface area (Å²) >= 11 is 0. The van der Waals surface area contributed by atoms with Crippen LogP contribution in [-0.4, -0.2) is 37.5 Å². The first-order valence-electron chi connectivity index (χ1n) is 14.0. The number of ether oxygens (including phenoxy) is 3. The molecule has 6 nitrogen and oxygen atoms in total. The molecule has 0 fully saturated rings. The first kappa shape index (κ1) is 28.9. The van der Waals surface area contributed by atoms with E-state index in [1.165, 1.54) is 32.1 Å². The molecule has 210 valence electrons. The van der Waals surface area contributed by atoms with Crippen molar-refractivity contribution in [1.29, 1.82) is 0 Å². The molecule has 0 bridgehead atoms. The van der Waals surface area contributed by atoms with Gasteiger partial charge in [0.05, 0.1) is 21.3 Å². The molecule has 0 aliphatic rings. The van der Waals surface area contributed by atoms with Crippen LogP contribution in [0.25, 0.3) is 27.9 Å². The van der Waals surface area contributed by atoms with E-state index in [0.717, 1.165) is 40.3 Å². The zero-order valence-corrected chi connectivity index (χ0v) is 24.2. The molecule has 4 rings (SSSR count). The molecule has 0 aliphatic heterocycles. The summed E-state index contributed by atoms with van der Waals surface area (Å²) in [6.45, 7) is 4.72. The fraction of sp³-hybridized carbons (Fsp3) is 0.353. The molecule has 1 aromatic heterocycles. The Labute approximate surface area is 236 Å². The minimum Gasteiger partial charge on any atom is -0.493 e. The van der Waals surface area contributed by atoms with Gasteiger partial charge in [0.15, 0.2) is 23.1 Å². The molecule has 4 aromatic rings. The standard InChI is InChI=1S/C34H39NO5/c1-6-7-8-9-10-11-18-35-29-15-13-25(23(2)36)21-27(29)28-22-26(14-16-30(28)35)31(37)17-12-24-19-32(38-3)34(40-5)33(20-24)39-4/h12-17,19-22H,6-11,18H2,1-5H3/b17-12+. The fourth-order valence-corrected chi connectivity index (χ4v) is 5.23. The SMILES string of the molecule is CCCCCCCCn1c2ccc(C(C)=O)cc2c2cc(C(=O)/C=C/c3cc(OC)c(OC)c(OC)c3)ccc21. The number of methoxy groups -OCH3 is 3. The van der Waals surface area contributed by atoms with Crippen LogP contribution in [0.5, 0.6) is 17.2 Å². The van der Waals surface area contributed by atoms with Gasteiger partial charge in [-0.05, 0) is 73.5 Å². The highest BCUT2D eigenvalue weighted by Gasteiger charge is 2.15. The third-order valence-corrected chi connectivity index (χ3v) is 7.41. The molecule has 0 aliphatic carbocycles. The Morgan fingerprint density at radius 2 is 1.32 bits per heavy atom. The minimum absolute atomic E-state index is 0.0271. The number of aromatic nitrogens is 1. The van der Waals surface area contributed by atoms with Crippen molar-refractivity contribution >= 4 is 39.4 Å². The third-order valence-electron chi connectivity index (χ3n) is 7.41. The molecule has 0 amide bonds. The first-order chi connectivity index (χ1) is 19.4. The molecule has 0 radical (unpaired) electrons. The van der Waals surface area contributed by atoms with E-state index in [1.807, 2.05) is 36.4 Å². The molecule has 0 saturated heterocycles. The average molecular weight is 542 g/mol. The normalized spacial score (nSPS) is 11.4. The van der Waals surface area contributed by atoms with Gasteiger partial charge in [-0.15, -0.1) is 0 Å².